The Hall–Kier alpha value is -0.570. The summed E-state index contributed by atoms with van der Waals surface area (Å²) in [5, 5.41) is 0. The summed E-state index contributed by atoms with van der Waals surface area (Å²) >= 11 is 0. The van der Waals surface area contributed by atoms with Gasteiger partial charge in [0.2, 0.25) is 5.91 Å². The minimum atomic E-state index is -0.211. The lowest BCUT2D eigenvalue weighted by molar-refractivity contribution is -0.118. The molecule has 0 unspecified atom stereocenters. The SMILES string of the molecule is CCCC(N)=O.CN1CCCC1. The highest BCUT2D eigenvalue weighted by atomic mass is 16.1. The van der Waals surface area contributed by atoms with Crippen LogP contribution in [0.4, 0.5) is 0 Å². The highest BCUT2D eigenvalue weighted by Gasteiger charge is 2.03. The van der Waals surface area contributed by atoms with E-state index in [0.717, 1.165) is 6.42 Å². The number of carbonyl (C=O) groups is 1. The van der Waals surface area contributed by atoms with Gasteiger partial charge in [-0.1, -0.05) is 6.92 Å². The average Bonchev–Trinajstić information content (AvgIpc) is 2.40. The molecule has 1 heterocycles. The third-order valence-electron chi connectivity index (χ3n) is 1.83. The molecule has 0 bridgehead atoms. The van der Waals surface area contributed by atoms with E-state index in [0.29, 0.717) is 6.42 Å². The lowest BCUT2D eigenvalue weighted by Crippen LogP contribution is -2.10. The van der Waals surface area contributed by atoms with Crippen molar-refractivity contribution in [3.05, 3.63) is 0 Å². The zero-order valence-corrected chi connectivity index (χ0v) is 8.18. The van der Waals surface area contributed by atoms with Crippen LogP contribution in [0.25, 0.3) is 0 Å². The summed E-state index contributed by atoms with van der Waals surface area (Å²) in [5.74, 6) is -0.211. The molecule has 0 aromatic heterocycles. The van der Waals surface area contributed by atoms with Crippen molar-refractivity contribution in [2.24, 2.45) is 5.73 Å². The molecule has 0 spiro atoms. The quantitative estimate of drug-likeness (QED) is 0.675. The van der Waals surface area contributed by atoms with E-state index >= 15 is 0 Å². The molecule has 1 fully saturated rings. The van der Waals surface area contributed by atoms with E-state index in [1.165, 1.54) is 25.9 Å². The smallest absolute Gasteiger partial charge is 0.217 e. The second-order valence-electron chi connectivity index (χ2n) is 3.23. The van der Waals surface area contributed by atoms with Gasteiger partial charge in [0.1, 0.15) is 0 Å². The first-order valence-electron chi connectivity index (χ1n) is 4.63. The van der Waals surface area contributed by atoms with E-state index in [1.54, 1.807) is 0 Å². The van der Waals surface area contributed by atoms with E-state index < -0.39 is 0 Å². The van der Waals surface area contributed by atoms with Gasteiger partial charge in [0.05, 0.1) is 0 Å². The van der Waals surface area contributed by atoms with Crippen molar-refractivity contribution in [1.82, 2.24) is 4.90 Å². The Kier molecular flexibility index (Phi) is 6.76. The molecule has 0 aromatic rings. The molecule has 0 atom stereocenters. The Morgan fingerprint density at radius 1 is 1.42 bits per heavy atom. The van der Waals surface area contributed by atoms with Crippen molar-refractivity contribution < 1.29 is 4.79 Å². The zero-order valence-electron chi connectivity index (χ0n) is 8.18. The number of carbonyl (C=O) groups excluding carboxylic acids is 1. The summed E-state index contributed by atoms with van der Waals surface area (Å²) in [6.07, 6.45) is 4.20. The first-order valence-corrected chi connectivity index (χ1v) is 4.63. The Bertz CT molecular complexity index is 120. The molecule has 1 amide bonds. The average molecular weight is 172 g/mol. The molecule has 2 N–H and O–H groups in total. The van der Waals surface area contributed by atoms with Crippen LogP contribution in [-0.4, -0.2) is 30.9 Å². The maximum absolute atomic E-state index is 9.82. The Labute approximate surface area is 74.9 Å². The summed E-state index contributed by atoms with van der Waals surface area (Å²) in [7, 11) is 2.17. The van der Waals surface area contributed by atoms with Crippen molar-refractivity contribution >= 4 is 5.91 Å². The fourth-order valence-corrected chi connectivity index (χ4v) is 1.12. The van der Waals surface area contributed by atoms with Crippen LogP contribution in [0.2, 0.25) is 0 Å². The largest absolute Gasteiger partial charge is 0.370 e. The molecule has 3 nitrogen and oxygen atoms in total. The number of amides is 1. The third kappa shape index (κ3) is 7.54. The summed E-state index contributed by atoms with van der Waals surface area (Å²) in [6.45, 7) is 4.56. The Morgan fingerprint density at radius 2 is 1.92 bits per heavy atom. The van der Waals surface area contributed by atoms with Crippen molar-refractivity contribution in [1.29, 1.82) is 0 Å². The molecular formula is C9H20N2O. The second-order valence-corrected chi connectivity index (χ2v) is 3.23. The summed E-state index contributed by atoms with van der Waals surface area (Å²) in [5.41, 5.74) is 4.76. The predicted molar refractivity (Wildman–Crippen MR) is 50.8 cm³/mol. The number of nitrogens with two attached hydrogens (primary N) is 1. The minimum absolute atomic E-state index is 0.211. The van der Waals surface area contributed by atoms with Crippen molar-refractivity contribution in [3.63, 3.8) is 0 Å². The normalized spacial score (nSPS) is 16.8. The summed E-state index contributed by atoms with van der Waals surface area (Å²) < 4.78 is 0. The van der Waals surface area contributed by atoms with Crippen LogP contribution in [0, 0.1) is 0 Å². The fourth-order valence-electron chi connectivity index (χ4n) is 1.12. The van der Waals surface area contributed by atoms with Crippen LogP contribution < -0.4 is 5.73 Å². The van der Waals surface area contributed by atoms with Crippen LogP contribution in [-0.2, 0) is 4.79 Å². The van der Waals surface area contributed by atoms with Crippen molar-refractivity contribution in [3.8, 4) is 0 Å². The van der Waals surface area contributed by atoms with Crippen LogP contribution in [0.3, 0.4) is 0 Å². The highest BCUT2D eigenvalue weighted by Crippen LogP contribution is 2.02. The maximum atomic E-state index is 9.82. The van der Waals surface area contributed by atoms with E-state index in [2.05, 4.69) is 11.9 Å². The molecule has 0 aliphatic carbocycles. The number of primary amides is 1. The van der Waals surface area contributed by atoms with Gasteiger partial charge in [-0.15, -0.1) is 0 Å². The number of hydrogen-bond donors (Lipinski definition) is 1. The number of nitrogens with zero attached hydrogens (tertiary/aromatic N) is 1. The first kappa shape index (κ1) is 11.4. The van der Waals surface area contributed by atoms with E-state index in [4.69, 9.17) is 5.73 Å². The highest BCUT2D eigenvalue weighted by molar-refractivity contribution is 5.73. The molecule has 1 saturated heterocycles. The van der Waals surface area contributed by atoms with Gasteiger partial charge in [0, 0.05) is 6.42 Å². The first-order chi connectivity index (χ1) is 5.66. The van der Waals surface area contributed by atoms with Gasteiger partial charge >= 0.3 is 0 Å². The van der Waals surface area contributed by atoms with Gasteiger partial charge in [0.15, 0.2) is 0 Å². The fraction of sp³-hybridized carbons (Fsp3) is 0.889. The Morgan fingerprint density at radius 3 is 2.00 bits per heavy atom. The Balaban J connectivity index is 0.000000202. The standard InChI is InChI=1S/C5H11N.C4H9NO/c1-6-4-2-3-5-6;1-2-3-4(5)6/h2-5H2,1H3;2-3H2,1H3,(H2,5,6). The molecule has 0 aromatic carbocycles. The van der Waals surface area contributed by atoms with Crippen LogP contribution >= 0.6 is 0 Å². The molecule has 3 heteroatoms. The number of likely N-dealkylation sites (tertiary alicyclic amines) is 1. The van der Waals surface area contributed by atoms with E-state index in [-0.39, 0.29) is 5.91 Å². The molecule has 1 rings (SSSR count). The van der Waals surface area contributed by atoms with Crippen molar-refractivity contribution in [2.45, 2.75) is 32.6 Å². The van der Waals surface area contributed by atoms with Gasteiger partial charge in [-0.2, -0.15) is 0 Å². The molecule has 0 radical (unpaired) electrons. The van der Waals surface area contributed by atoms with Gasteiger partial charge in [-0.3, -0.25) is 4.79 Å². The van der Waals surface area contributed by atoms with Crippen LogP contribution in [0.1, 0.15) is 32.6 Å². The molecule has 0 saturated carbocycles. The second kappa shape index (κ2) is 7.10. The molecular weight excluding hydrogens is 152 g/mol. The lowest BCUT2D eigenvalue weighted by atomic mass is 10.3. The lowest BCUT2D eigenvalue weighted by Gasteiger charge is -2.01. The summed E-state index contributed by atoms with van der Waals surface area (Å²) in [4.78, 5) is 12.2. The van der Waals surface area contributed by atoms with Crippen molar-refractivity contribution in [2.75, 3.05) is 20.1 Å². The maximum Gasteiger partial charge on any atom is 0.217 e. The molecule has 1 aliphatic heterocycles. The van der Waals surface area contributed by atoms with E-state index in [1.807, 2.05) is 6.92 Å². The van der Waals surface area contributed by atoms with Gasteiger partial charge < -0.3 is 10.6 Å². The number of rotatable bonds is 2. The van der Waals surface area contributed by atoms with Gasteiger partial charge in [0.25, 0.3) is 0 Å². The van der Waals surface area contributed by atoms with Crippen LogP contribution in [0.15, 0.2) is 0 Å². The van der Waals surface area contributed by atoms with E-state index in [9.17, 15) is 4.79 Å². The third-order valence-corrected chi connectivity index (χ3v) is 1.83. The van der Waals surface area contributed by atoms with Crippen LogP contribution in [0.5, 0.6) is 0 Å². The zero-order chi connectivity index (χ0) is 9.40. The minimum Gasteiger partial charge on any atom is -0.370 e. The predicted octanol–water partition coefficient (Wildman–Crippen LogP) is 0.984. The summed E-state index contributed by atoms with van der Waals surface area (Å²) in [6, 6.07) is 0. The molecule has 72 valence electrons. The number of hydrogen-bond acceptors (Lipinski definition) is 2. The topological polar surface area (TPSA) is 46.3 Å². The monoisotopic (exact) mass is 172 g/mol. The van der Waals surface area contributed by atoms with Gasteiger partial charge in [-0.05, 0) is 39.4 Å². The van der Waals surface area contributed by atoms with Gasteiger partial charge in [-0.25, -0.2) is 0 Å². The molecule has 1 aliphatic rings. The molecule has 12 heavy (non-hydrogen) atoms.